The summed E-state index contributed by atoms with van der Waals surface area (Å²) < 4.78 is 23.6. The molecule has 1 aromatic heterocycles. The molecule has 1 saturated heterocycles. The molecule has 2 fully saturated rings. The van der Waals surface area contributed by atoms with Gasteiger partial charge in [0.1, 0.15) is 12.4 Å². The summed E-state index contributed by atoms with van der Waals surface area (Å²) in [5.74, 6) is -0.265. The molecule has 0 radical (unpaired) electrons. The number of ether oxygens (including phenoxy) is 1. The molecule has 4 rings (SSSR count). The van der Waals surface area contributed by atoms with E-state index in [1.54, 1.807) is 18.2 Å². The molecule has 6 nitrogen and oxygen atoms in total. The molecule has 2 atom stereocenters. The van der Waals surface area contributed by atoms with Crippen molar-refractivity contribution in [2.45, 2.75) is 30.6 Å². The lowest BCUT2D eigenvalue weighted by Gasteiger charge is -2.38. The van der Waals surface area contributed by atoms with Gasteiger partial charge in [0.25, 0.3) is 0 Å². The Hall–Kier alpha value is -1.65. The van der Waals surface area contributed by atoms with Crippen LogP contribution in [0.25, 0.3) is 6.08 Å². The fraction of sp³-hybridized carbons (Fsp3) is 0.455. The first-order valence-corrected chi connectivity index (χ1v) is 12.0. The molecule has 2 unspecified atom stereocenters. The number of ketones is 1. The molecular formula is C22H25ClFN3O3S2. The maximum absolute atomic E-state index is 14.7. The van der Waals surface area contributed by atoms with Crippen LogP contribution in [0.1, 0.15) is 36.6 Å². The summed E-state index contributed by atoms with van der Waals surface area (Å²) in [4.78, 5) is 27.5. The van der Waals surface area contributed by atoms with Crippen molar-refractivity contribution in [2.75, 3.05) is 26.8 Å². The minimum atomic E-state index is -0.619. The van der Waals surface area contributed by atoms with Crippen molar-refractivity contribution in [3.05, 3.63) is 52.3 Å². The summed E-state index contributed by atoms with van der Waals surface area (Å²) in [6.45, 7) is 1.11. The molecule has 10 heteroatoms. The van der Waals surface area contributed by atoms with Gasteiger partial charge in [-0.15, -0.1) is 17.5 Å². The number of rotatable bonds is 8. The van der Waals surface area contributed by atoms with E-state index in [4.69, 9.17) is 4.74 Å². The number of Topliss-reactive ketones (excluding diaryl/α,β-unsaturated/α-hetero) is 1. The predicted octanol–water partition coefficient (Wildman–Crippen LogP) is 4.18. The topological polar surface area (TPSA) is 72.4 Å². The average molecular weight is 498 g/mol. The van der Waals surface area contributed by atoms with Gasteiger partial charge in [-0.25, -0.2) is 4.39 Å². The molecule has 0 amide bonds. The number of carbonyl (C=O) groups is 2. The number of halogens is 2. The molecule has 1 saturated carbocycles. The number of methoxy groups -OCH3 is 1. The summed E-state index contributed by atoms with van der Waals surface area (Å²) in [6, 6.07) is 5.91. The van der Waals surface area contributed by atoms with Crippen LogP contribution in [0.2, 0.25) is 0 Å². The fourth-order valence-corrected chi connectivity index (χ4v) is 5.36. The highest BCUT2D eigenvalue weighted by molar-refractivity contribution is 8.14. The summed E-state index contributed by atoms with van der Waals surface area (Å²) in [5.41, 5.74) is 2.14. The molecule has 1 aromatic carbocycles. The smallest absolute Gasteiger partial charge is 0.215 e. The lowest BCUT2D eigenvalue weighted by Crippen LogP contribution is -2.43. The first-order valence-electron chi connectivity index (χ1n) is 10.2. The monoisotopic (exact) mass is 497 g/mol. The number of thioether (sulfide) groups is 1. The van der Waals surface area contributed by atoms with Crippen LogP contribution < -0.4 is 0 Å². The quantitative estimate of drug-likeness (QED) is 0.541. The number of piperidine rings is 1. The normalized spacial score (nSPS) is 21.2. The van der Waals surface area contributed by atoms with E-state index in [0.29, 0.717) is 25.1 Å². The largest absolute Gasteiger partial charge is 0.376 e. The predicted molar refractivity (Wildman–Crippen MR) is 126 cm³/mol. The third kappa shape index (κ3) is 6.02. The summed E-state index contributed by atoms with van der Waals surface area (Å²) >= 11 is 2.51. The van der Waals surface area contributed by atoms with Crippen LogP contribution in [0.15, 0.2) is 35.2 Å². The highest BCUT2D eigenvalue weighted by Gasteiger charge is 2.41. The highest BCUT2D eigenvalue weighted by atomic mass is 35.5. The molecule has 32 heavy (non-hydrogen) atoms. The Morgan fingerprint density at radius 1 is 1.34 bits per heavy atom. The minimum Gasteiger partial charge on any atom is -0.376 e. The maximum atomic E-state index is 14.7. The van der Waals surface area contributed by atoms with Gasteiger partial charge in [-0.05, 0) is 48.5 Å². The van der Waals surface area contributed by atoms with Gasteiger partial charge in [0, 0.05) is 42.3 Å². The zero-order valence-corrected chi connectivity index (χ0v) is 20.1. The number of hydrogen-bond donors (Lipinski definition) is 0. The Morgan fingerprint density at radius 3 is 2.78 bits per heavy atom. The van der Waals surface area contributed by atoms with Gasteiger partial charge in [0.2, 0.25) is 5.12 Å². The Balaban J connectivity index is 0.00000289. The number of carbonyl (C=O) groups excluding carboxylic acids is 2. The number of nitrogens with zero attached hydrogens (tertiary/aromatic N) is 3. The zero-order valence-electron chi connectivity index (χ0n) is 17.6. The first-order chi connectivity index (χ1) is 15.1. The molecule has 0 spiro atoms. The van der Waals surface area contributed by atoms with Crippen molar-refractivity contribution in [1.82, 2.24) is 14.5 Å². The van der Waals surface area contributed by atoms with Crippen LogP contribution in [-0.4, -0.2) is 57.4 Å². The Bertz CT molecular complexity index is 969. The summed E-state index contributed by atoms with van der Waals surface area (Å²) in [5, 5.41) is 5.86. The lowest BCUT2D eigenvalue weighted by molar-refractivity contribution is -0.126. The van der Waals surface area contributed by atoms with E-state index in [1.165, 1.54) is 36.5 Å². The van der Waals surface area contributed by atoms with Crippen LogP contribution in [-0.2, 0) is 14.3 Å². The molecular weight excluding hydrogens is 473 g/mol. The van der Waals surface area contributed by atoms with E-state index in [1.807, 2.05) is 16.4 Å². The number of likely N-dealkylation sites (tertiary alicyclic amines) is 1. The molecule has 0 bridgehead atoms. The van der Waals surface area contributed by atoms with Gasteiger partial charge in [-0.2, -0.15) is 0 Å². The second-order valence-corrected chi connectivity index (χ2v) is 9.69. The maximum Gasteiger partial charge on any atom is 0.215 e. The molecule has 172 valence electrons. The van der Waals surface area contributed by atoms with Crippen LogP contribution in [0.5, 0.6) is 0 Å². The minimum absolute atomic E-state index is 0. The zero-order chi connectivity index (χ0) is 21.8. The van der Waals surface area contributed by atoms with E-state index in [0.717, 1.165) is 24.1 Å². The number of hydrogen-bond acceptors (Lipinski definition) is 8. The van der Waals surface area contributed by atoms with Crippen LogP contribution in [0.3, 0.4) is 0 Å². The van der Waals surface area contributed by atoms with E-state index < -0.39 is 6.04 Å². The van der Waals surface area contributed by atoms with E-state index in [2.05, 4.69) is 9.59 Å². The SMILES string of the molecule is COCC(=O)SC1CCN(C(C(=O)C2CC2)c2ccccc2F)CC1=Cc1csnn1.Cl. The van der Waals surface area contributed by atoms with Gasteiger partial charge in [0.15, 0.2) is 5.78 Å². The standard InChI is InChI=1S/C22H24FN3O3S2.ClH/c1-29-12-20(27)31-19-8-9-26(11-15(19)10-16-13-30-25-24-16)21(22(28)14-6-7-14)17-4-2-3-5-18(17)23;/h2-5,10,13-14,19,21H,6-9,11-12H2,1H3;1H. The van der Waals surface area contributed by atoms with Gasteiger partial charge in [0.05, 0.1) is 11.7 Å². The lowest BCUT2D eigenvalue weighted by atomic mass is 9.93. The van der Waals surface area contributed by atoms with E-state index in [-0.39, 0.29) is 46.9 Å². The highest BCUT2D eigenvalue weighted by Crippen LogP contribution is 2.40. The van der Waals surface area contributed by atoms with Crippen molar-refractivity contribution in [3.8, 4) is 0 Å². The molecule has 2 heterocycles. The van der Waals surface area contributed by atoms with E-state index in [9.17, 15) is 14.0 Å². The Labute approximate surface area is 201 Å². The van der Waals surface area contributed by atoms with Crippen molar-refractivity contribution in [1.29, 1.82) is 0 Å². The van der Waals surface area contributed by atoms with Crippen LogP contribution in [0.4, 0.5) is 4.39 Å². The van der Waals surface area contributed by atoms with Crippen LogP contribution >= 0.6 is 35.7 Å². The van der Waals surface area contributed by atoms with Crippen molar-refractivity contribution < 1.29 is 18.7 Å². The van der Waals surface area contributed by atoms with Crippen molar-refractivity contribution in [2.24, 2.45) is 5.92 Å². The van der Waals surface area contributed by atoms with Gasteiger partial charge < -0.3 is 4.74 Å². The Morgan fingerprint density at radius 2 is 2.12 bits per heavy atom. The van der Waals surface area contributed by atoms with Crippen LogP contribution in [0, 0.1) is 11.7 Å². The summed E-state index contributed by atoms with van der Waals surface area (Å²) in [7, 11) is 1.50. The fourth-order valence-electron chi connectivity index (χ4n) is 3.93. The van der Waals surface area contributed by atoms with E-state index >= 15 is 0 Å². The molecule has 1 aliphatic heterocycles. The second kappa shape index (κ2) is 11.5. The summed E-state index contributed by atoms with van der Waals surface area (Å²) in [6.07, 6.45) is 4.35. The third-order valence-corrected chi connectivity index (χ3v) is 7.26. The van der Waals surface area contributed by atoms with Gasteiger partial charge in [-0.1, -0.05) is 34.4 Å². The molecule has 2 aliphatic rings. The Kier molecular flexibility index (Phi) is 8.95. The molecule has 1 aliphatic carbocycles. The number of aromatic nitrogens is 2. The second-order valence-electron chi connectivity index (χ2n) is 7.82. The van der Waals surface area contributed by atoms with Gasteiger partial charge >= 0.3 is 0 Å². The molecule has 2 aromatic rings. The van der Waals surface area contributed by atoms with Gasteiger partial charge in [-0.3, -0.25) is 14.5 Å². The van der Waals surface area contributed by atoms with Crippen molar-refractivity contribution in [3.63, 3.8) is 0 Å². The molecule has 0 N–H and O–H groups in total. The third-order valence-electron chi connectivity index (χ3n) is 5.54. The van der Waals surface area contributed by atoms with Crippen molar-refractivity contribution >= 4 is 52.7 Å². The average Bonchev–Trinajstić information content (AvgIpc) is 3.48. The first kappa shape index (κ1) is 25.0. The number of benzene rings is 1.